The molecule has 1 aliphatic rings. The fraction of sp³-hybridized carbons (Fsp3) is 0.0417. The number of hydrogen-bond acceptors (Lipinski definition) is 4. The maximum absolute atomic E-state index is 6.59. The van der Waals surface area contributed by atoms with Gasteiger partial charge in [0.05, 0.1) is 22.1 Å². The summed E-state index contributed by atoms with van der Waals surface area (Å²) < 4.78 is 11.3. The van der Waals surface area contributed by atoms with E-state index in [-0.39, 0.29) is 0 Å². The first-order valence-corrected chi connectivity index (χ1v) is 18.3. The van der Waals surface area contributed by atoms with Gasteiger partial charge in [0, 0.05) is 56.5 Å². The van der Waals surface area contributed by atoms with Crippen molar-refractivity contribution >= 4 is 66.3 Å². The molecule has 0 amide bonds. The van der Waals surface area contributed by atoms with E-state index >= 15 is 0 Å². The van der Waals surface area contributed by atoms with Crippen molar-refractivity contribution in [2.75, 3.05) is 7.05 Å². The maximum Gasteiger partial charge on any atom is 0.183 e. The fourth-order valence-electron chi connectivity index (χ4n) is 8.38. The second-order valence-corrected chi connectivity index (χ2v) is 13.8. The molecule has 0 spiro atoms. The van der Waals surface area contributed by atoms with Crippen molar-refractivity contribution in [1.29, 1.82) is 0 Å². The quantitative estimate of drug-likeness (QED) is 0.180. The lowest BCUT2D eigenvalue weighted by molar-refractivity contribution is 0.329. The van der Waals surface area contributed by atoms with E-state index in [1.807, 2.05) is 18.2 Å². The highest BCUT2D eigenvalue weighted by Gasteiger charge is 2.32. The van der Waals surface area contributed by atoms with E-state index in [2.05, 4.69) is 179 Å². The van der Waals surface area contributed by atoms with Crippen LogP contribution < -0.4 is 0 Å². The minimum absolute atomic E-state index is 0.477. The van der Waals surface area contributed by atoms with Crippen LogP contribution in [0.15, 0.2) is 190 Å². The van der Waals surface area contributed by atoms with Crippen LogP contribution in [-0.2, 0) is 0 Å². The molecule has 54 heavy (non-hydrogen) atoms. The molecule has 4 heterocycles. The van der Waals surface area contributed by atoms with Crippen molar-refractivity contribution in [3.05, 3.63) is 193 Å². The minimum atomic E-state index is -0.477. The van der Waals surface area contributed by atoms with Crippen LogP contribution in [0, 0.1) is 0 Å². The van der Waals surface area contributed by atoms with Gasteiger partial charge >= 0.3 is 0 Å². The lowest BCUT2D eigenvalue weighted by Gasteiger charge is -2.31. The number of aromatic nitrogens is 2. The molecule has 0 fully saturated rings. The Labute approximate surface area is 311 Å². The van der Waals surface area contributed by atoms with Crippen LogP contribution in [0.1, 0.15) is 23.1 Å². The van der Waals surface area contributed by atoms with E-state index in [0.29, 0.717) is 5.84 Å². The van der Waals surface area contributed by atoms with E-state index in [0.717, 1.165) is 72.5 Å². The summed E-state index contributed by atoms with van der Waals surface area (Å²) in [5.41, 5.74) is 9.41. The molecule has 0 bridgehead atoms. The van der Waals surface area contributed by atoms with E-state index < -0.39 is 6.17 Å². The third-order valence-corrected chi connectivity index (χ3v) is 10.8. The Balaban J connectivity index is 1.22. The summed E-state index contributed by atoms with van der Waals surface area (Å²) in [6.07, 6.45) is -0.477. The van der Waals surface area contributed by atoms with Crippen LogP contribution in [0.3, 0.4) is 0 Å². The number of aliphatic imine (C=N–C) groups is 2. The highest BCUT2D eigenvalue weighted by molar-refractivity contribution is 6.24. The Morgan fingerprint density at radius 1 is 0.500 bits per heavy atom. The molecule has 1 aliphatic heterocycles. The molecule has 256 valence electrons. The Morgan fingerprint density at radius 2 is 1.02 bits per heavy atom. The van der Waals surface area contributed by atoms with Gasteiger partial charge in [-0.1, -0.05) is 115 Å². The molecule has 10 aromatic rings. The highest BCUT2D eigenvalue weighted by Crippen LogP contribution is 2.40. The first-order valence-electron chi connectivity index (χ1n) is 18.3. The van der Waals surface area contributed by atoms with E-state index in [4.69, 9.17) is 14.4 Å². The van der Waals surface area contributed by atoms with Gasteiger partial charge in [0.1, 0.15) is 17.2 Å². The molecular weight excluding hydrogens is 663 g/mol. The zero-order chi connectivity index (χ0) is 35.8. The number of hydrogen-bond donors (Lipinski definition) is 0. The first kappa shape index (κ1) is 30.4. The van der Waals surface area contributed by atoms with Gasteiger partial charge in [0.15, 0.2) is 12.0 Å². The van der Waals surface area contributed by atoms with Gasteiger partial charge < -0.3 is 18.5 Å². The van der Waals surface area contributed by atoms with Gasteiger partial charge in [-0.15, -0.1) is 0 Å². The predicted octanol–water partition coefficient (Wildman–Crippen LogP) is 11.5. The zero-order valence-electron chi connectivity index (χ0n) is 29.5. The van der Waals surface area contributed by atoms with Crippen molar-refractivity contribution in [1.82, 2.24) is 14.0 Å². The highest BCUT2D eigenvalue weighted by atomic mass is 16.3. The average molecular weight is 696 g/mol. The smallest absolute Gasteiger partial charge is 0.183 e. The van der Waals surface area contributed by atoms with Crippen molar-refractivity contribution in [3.63, 3.8) is 0 Å². The van der Waals surface area contributed by atoms with Crippen LogP contribution in [0.4, 0.5) is 0 Å². The van der Waals surface area contributed by atoms with Gasteiger partial charge in [0.25, 0.3) is 0 Å². The van der Waals surface area contributed by atoms with Gasteiger partial charge in [-0.05, 0) is 60.7 Å². The molecule has 7 aromatic carbocycles. The van der Waals surface area contributed by atoms with E-state index in [1.54, 1.807) is 0 Å². The van der Waals surface area contributed by atoms with Crippen molar-refractivity contribution in [3.8, 4) is 11.4 Å². The molecule has 0 aliphatic carbocycles. The van der Waals surface area contributed by atoms with Gasteiger partial charge in [-0.2, -0.15) is 0 Å². The number of nitrogens with zero attached hydrogens (tertiary/aromatic N) is 5. The molecule has 0 saturated carbocycles. The summed E-state index contributed by atoms with van der Waals surface area (Å²) in [4.78, 5) is 13.2. The number of amidine groups is 2. The summed E-state index contributed by atoms with van der Waals surface area (Å²) in [5.74, 6) is 2.23. The third kappa shape index (κ3) is 4.53. The largest absolute Gasteiger partial charge is 0.457 e. The average Bonchev–Trinajstić information content (AvgIpc) is 3.92. The van der Waals surface area contributed by atoms with Crippen LogP contribution in [0.2, 0.25) is 0 Å². The number of rotatable bonds is 5. The summed E-state index contributed by atoms with van der Waals surface area (Å²) in [7, 11) is 2.08. The second-order valence-electron chi connectivity index (χ2n) is 13.8. The Hall–Kier alpha value is -7.18. The van der Waals surface area contributed by atoms with Crippen LogP contribution in [0.5, 0.6) is 0 Å². The fourth-order valence-corrected chi connectivity index (χ4v) is 8.38. The maximum atomic E-state index is 6.59. The van der Waals surface area contributed by atoms with Crippen LogP contribution in [0.25, 0.3) is 66.0 Å². The van der Waals surface area contributed by atoms with Crippen molar-refractivity contribution in [2.45, 2.75) is 6.17 Å². The molecule has 11 rings (SSSR count). The molecule has 1 unspecified atom stereocenters. The second kappa shape index (κ2) is 11.9. The number of benzene rings is 7. The van der Waals surface area contributed by atoms with Crippen molar-refractivity contribution in [2.24, 2.45) is 9.98 Å². The summed E-state index contributed by atoms with van der Waals surface area (Å²) in [5, 5.41) is 5.73. The molecule has 3 aromatic heterocycles. The standard InChI is InChI=1S/C48H33N5O/c1-51-47(39-26-15-24-37-35-22-10-12-28-41(35)53(45(37)39)33-19-6-3-7-20-33)49-46(50-48(51)43-30-31-16-8-13-29-42(31)54-43)38-25-14-23-36-34-21-9-11-27-40(34)52(44(36)38)32-17-4-2-5-18-32/h2-30,48H,1H3. The van der Waals surface area contributed by atoms with Crippen LogP contribution in [-0.4, -0.2) is 32.8 Å². The van der Waals surface area contributed by atoms with Gasteiger partial charge in [0.2, 0.25) is 0 Å². The monoisotopic (exact) mass is 695 g/mol. The predicted molar refractivity (Wildman–Crippen MR) is 221 cm³/mol. The zero-order valence-corrected chi connectivity index (χ0v) is 29.5. The first-order chi connectivity index (χ1) is 26.7. The van der Waals surface area contributed by atoms with Gasteiger partial charge in [-0.3, -0.25) is 0 Å². The Bertz CT molecular complexity index is 3100. The molecular formula is C48H33N5O. The summed E-state index contributed by atoms with van der Waals surface area (Å²) >= 11 is 0. The third-order valence-electron chi connectivity index (χ3n) is 10.8. The molecule has 6 heteroatoms. The number of fused-ring (bicyclic) bond motifs is 7. The lowest BCUT2D eigenvalue weighted by atomic mass is 10.0. The van der Waals surface area contributed by atoms with Gasteiger partial charge in [-0.25, -0.2) is 9.98 Å². The molecule has 0 radical (unpaired) electrons. The Morgan fingerprint density at radius 3 is 1.65 bits per heavy atom. The van der Waals surface area contributed by atoms with Crippen molar-refractivity contribution < 1.29 is 4.42 Å². The number of furan rings is 1. The topological polar surface area (TPSA) is 51.0 Å². The summed E-state index contributed by atoms with van der Waals surface area (Å²) in [6, 6.07) is 61.7. The van der Waals surface area contributed by atoms with Crippen LogP contribution >= 0.6 is 0 Å². The lowest BCUT2D eigenvalue weighted by Crippen LogP contribution is -2.36. The minimum Gasteiger partial charge on any atom is -0.457 e. The molecule has 1 atom stereocenters. The summed E-state index contributed by atoms with van der Waals surface area (Å²) in [6.45, 7) is 0. The number of para-hydroxylation sites is 7. The SMILES string of the molecule is CN1C(c2cccc3c4ccccc4n(-c4ccccc4)c23)=NC(c2cccc3c4ccccc4n(-c4ccccc4)c23)=NC1c1cc2ccccc2o1. The molecule has 6 nitrogen and oxygen atoms in total. The normalized spacial score (nSPS) is 14.8. The Kier molecular flexibility index (Phi) is 6.73. The van der Waals surface area contributed by atoms with E-state index in [9.17, 15) is 0 Å². The van der Waals surface area contributed by atoms with E-state index in [1.165, 1.54) is 16.2 Å². The molecule has 0 saturated heterocycles. The molecule has 0 N–H and O–H groups in total.